The summed E-state index contributed by atoms with van der Waals surface area (Å²) in [7, 11) is 0. The number of fused-ring (bicyclic) bond motifs is 1. The maximum absolute atomic E-state index is 10.3. The molecule has 0 saturated carbocycles. The first-order valence-electron chi connectivity index (χ1n) is 5.13. The van der Waals surface area contributed by atoms with Gasteiger partial charge in [0.05, 0.1) is 22.6 Å². The van der Waals surface area contributed by atoms with Crippen LogP contribution in [0.15, 0.2) is 12.1 Å². The third-order valence-corrected chi connectivity index (χ3v) is 2.44. The lowest BCUT2D eigenvalue weighted by Gasteiger charge is -2.14. The molecule has 0 saturated heterocycles. The highest BCUT2D eigenvalue weighted by atomic mass is 16.1. The summed E-state index contributed by atoms with van der Waals surface area (Å²) in [4.78, 5) is 14.7. The maximum Gasteiger partial charge on any atom is 0.120 e. The largest absolute Gasteiger partial charge is 0.380 e. The molecule has 1 aromatic heterocycles. The van der Waals surface area contributed by atoms with E-state index >= 15 is 0 Å². The van der Waals surface area contributed by atoms with Gasteiger partial charge in [-0.3, -0.25) is 0 Å². The third kappa shape index (κ3) is 1.94. The van der Waals surface area contributed by atoms with Crippen LogP contribution in [0.1, 0.15) is 23.4 Å². The Morgan fingerprint density at radius 2 is 2.50 bits per heavy atom. The molecular formula is C12H11N3O. The van der Waals surface area contributed by atoms with Crippen molar-refractivity contribution in [2.75, 3.05) is 11.9 Å². The maximum atomic E-state index is 10.3. The van der Waals surface area contributed by atoms with Crippen molar-refractivity contribution in [3.63, 3.8) is 0 Å². The fourth-order valence-electron chi connectivity index (χ4n) is 1.66. The lowest BCUT2D eigenvalue weighted by atomic mass is 10.1. The fraction of sp³-hybridized carbons (Fsp3) is 0.250. The number of hydrogen-bond acceptors (Lipinski definition) is 4. The zero-order valence-electron chi connectivity index (χ0n) is 8.73. The number of rotatable bonds is 3. The molecule has 4 nitrogen and oxygen atoms in total. The molecule has 1 N–H and O–H groups in total. The summed E-state index contributed by atoms with van der Waals surface area (Å²) in [6.07, 6.45) is 5.67. The first kappa shape index (κ1) is 10.4. The number of carbonyl (C=O) groups excluding carboxylic acids is 1. The first-order valence-corrected chi connectivity index (χ1v) is 5.13. The molecule has 0 bridgehead atoms. The van der Waals surface area contributed by atoms with Crippen LogP contribution in [0, 0.1) is 11.3 Å². The van der Waals surface area contributed by atoms with Gasteiger partial charge in [-0.15, -0.1) is 0 Å². The van der Waals surface area contributed by atoms with E-state index in [9.17, 15) is 4.79 Å². The summed E-state index contributed by atoms with van der Waals surface area (Å²) in [5, 5.41) is 12.1. The molecule has 16 heavy (non-hydrogen) atoms. The van der Waals surface area contributed by atoms with Crippen molar-refractivity contribution in [3.8, 4) is 6.07 Å². The van der Waals surface area contributed by atoms with Gasteiger partial charge < -0.3 is 10.1 Å². The van der Waals surface area contributed by atoms with Gasteiger partial charge in [0.25, 0.3) is 0 Å². The second-order valence-corrected chi connectivity index (χ2v) is 3.52. The van der Waals surface area contributed by atoms with Gasteiger partial charge in [0.2, 0.25) is 0 Å². The Morgan fingerprint density at radius 3 is 3.25 bits per heavy atom. The predicted octanol–water partition coefficient (Wildman–Crippen LogP) is 1.52. The van der Waals surface area contributed by atoms with Crippen LogP contribution in [0.2, 0.25) is 0 Å². The van der Waals surface area contributed by atoms with Crippen LogP contribution in [-0.2, 0) is 11.2 Å². The molecule has 2 heterocycles. The van der Waals surface area contributed by atoms with Crippen LogP contribution < -0.4 is 5.32 Å². The molecule has 1 aliphatic rings. The van der Waals surface area contributed by atoms with Gasteiger partial charge in [0.1, 0.15) is 12.4 Å². The Labute approximate surface area is 93.6 Å². The highest BCUT2D eigenvalue weighted by molar-refractivity contribution is 5.69. The summed E-state index contributed by atoms with van der Waals surface area (Å²) in [5.41, 5.74) is 2.96. The van der Waals surface area contributed by atoms with Gasteiger partial charge >= 0.3 is 0 Å². The van der Waals surface area contributed by atoms with Gasteiger partial charge in [-0.1, -0.05) is 6.08 Å². The zero-order valence-corrected chi connectivity index (χ0v) is 8.73. The molecule has 1 aromatic rings. The molecule has 0 fully saturated rings. The van der Waals surface area contributed by atoms with E-state index in [0.29, 0.717) is 24.1 Å². The lowest BCUT2D eigenvalue weighted by Crippen LogP contribution is -2.08. The fourth-order valence-corrected chi connectivity index (χ4v) is 1.66. The minimum atomic E-state index is 0.400. The van der Waals surface area contributed by atoms with Crippen molar-refractivity contribution in [3.05, 3.63) is 29.1 Å². The normalized spacial score (nSPS) is 12.4. The Hall–Kier alpha value is -2.15. The highest BCUT2D eigenvalue weighted by Crippen LogP contribution is 2.22. The summed E-state index contributed by atoms with van der Waals surface area (Å²) in [6.45, 7) is 0.757. The molecule has 0 amide bonds. The molecule has 0 aromatic carbocycles. The van der Waals surface area contributed by atoms with Crippen molar-refractivity contribution in [2.45, 2.75) is 12.8 Å². The van der Waals surface area contributed by atoms with E-state index in [2.05, 4.69) is 16.4 Å². The quantitative estimate of drug-likeness (QED) is 0.773. The second kappa shape index (κ2) is 4.58. The zero-order chi connectivity index (χ0) is 11.4. The van der Waals surface area contributed by atoms with Crippen LogP contribution >= 0.6 is 0 Å². The van der Waals surface area contributed by atoms with Crippen molar-refractivity contribution in [2.24, 2.45) is 0 Å². The van der Waals surface area contributed by atoms with Crippen molar-refractivity contribution in [1.29, 1.82) is 5.26 Å². The van der Waals surface area contributed by atoms with Gasteiger partial charge in [0, 0.05) is 13.0 Å². The first-order chi connectivity index (χ1) is 7.85. The van der Waals surface area contributed by atoms with Crippen molar-refractivity contribution < 1.29 is 4.79 Å². The molecular weight excluding hydrogens is 202 g/mol. The molecule has 2 rings (SSSR count). The topological polar surface area (TPSA) is 65.8 Å². The number of hydrogen-bond donors (Lipinski definition) is 1. The third-order valence-electron chi connectivity index (χ3n) is 2.44. The van der Waals surface area contributed by atoms with Gasteiger partial charge in [-0.05, 0) is 18.6 Å². The van der Waals surface area contributed by atoms with Gasteiger partial charge in [0.15, 0.2) is 0 Å². The van der Waals surface area contributed by atoms with Crippen LogP contribution in [0.4, 0.5) is 5.69 Å². The van der Waals surface area contributed by atoms with Crippen molar-refractivity contribution >= 4 is 18.0 Å². The van der Waals surface area contributed by atoms with E-state index in [1.54, 1.807) is 6.07 Å². The van der Waals surface area contributed by atoms with E-state index < -0.39 is 0 Å². The van der Waals surface area contributed by atoms with Crippen LogP contribution in [-0.4, -0.2) is 17.8 Å². The Balaban J connectivity index is 2.41. The molecule has 1 aliphatic heterocycles. The van der Waals surface area contributed by atoms with E-state index in [-0.39, 0.29) is 0 Å². The van der Waals surface area contributed by atoms with E-state index in [1.165, 1.54) is 0 Å². The number of nitrogens with one attached hydrogen (secondary N) is 1. The van der Waals surface area contributed by atoms with E-state index in [0.717, 1.165) is 24.2 Å². The monoisotopic (exact) mass is 213 g/mol. The smallest absolute Gasteiger partial charge is 0.120 e. The molecule has 0 radical (unpaired) electrons. The number of carbonyl (C=O) groups is 1. The molecule has 0 unspecified atom stereocenters. The molecule has 0 aliphatic carbocycles. The van der Waals surface area contributed by atoms with Gasteiger partial charge in [-0.2, -0.15) is 5.26 Å². The van der Waals surface area contributed by atoms with E-state index in [1.807, 2.05) is 12.2 Å². The molecule has 0 atom stereocenters. The Bertz CT molecular complexity index is 486. The van der Waals surface area contributed by atoms with Crippen LogP contribution in [0.25, 0.3) is 6.08 Å². The average molecular weight is 213 g/mol. The van der Waals surface area contributed by atoms with E-state index in [4.69, 9.17) is 5.26 Å². The summed E-state index contributed by atoms with van der Waals surface area (Å²) < 4.78 is 0. The number of nitriles is 1. The minimum Gasteiger partial charge on any atom is -0.380 e. The number of nitrogens with zero attached hydrogens (tertiary/aromatic N) is 2. The molecule has 4 heteroatoms. The lowest BCUT2D eigenvalue weighted by molar-refractivity contribution is -0.107. The summed E-state index contributed by atoms with van der Waals surface area (Å²) >= 11 is 0. The number of pyridine rings is 1. The number of aromatic nitrogens is 1. The van der Waals surface area contributed by atoms with Crippen LogP contribution in [0.3, 0.4) is 0 Å². The van der Waals surface area contributed by atoms with Crippen molar-refractivity contribution in [1.82, 2.24) is 4.98 Å². The standard InChI is InChI=1S/C12H11N3O/c13-8-9-7-12-11(3-1-5-14-12)15-10(9)4-2-6-16/h1,3,6-7,14H,2,4-5H2. The number of anilines is 1. The molecule has 80 valence electrons. The minimum absolute atomic E-state index is 0.400. The summed E-state index contributed by atoms with van der Waals surface area (Å²) in [6, 6.07) is 3.91. The Morgan fingerprint density at radius 1 is 1.62 bits per heavy atom. The second-order valence-electron chi connectivity index (χ2n) is 3.52. The van der Waals surface area contributed by atoms with Crippen LogP contribution in [0.5, 0.6) is 0 Å². The Kier molecular flexibility index (Phi) is 2.97. The summed E-state index contributed by atoms with van der Waals surface area (Å²) in [5.74, 6) is 0. The predicted molar refractivity (Wildman–Crippen MR) is 60.9 cm³/mol. The molecule has 0 spiro atoms. The number of aldehydes is 1. The number of aryl methyl sites for hydroxylation is 1. The highest BCUT2D eigenvalue weighted by Gasteiger charge is 2.11. The average Bonchev–Trinajstić information content (AvgIpc) is 2.35. The SMILES string of the molecule is N#Cc1cc2c(nc1CCC=O)C=CCN2. The van der Waals surface area contributed by atoms with Gasteiger partial charge in [-0.25, -0.2) is 4.98 Å².